The van der Waals surface area contributed by atoms with Crippen LogP contribution in [0.2, 0.25) is 0 Å². The molecule has 2 heterocycles. The van der Waals surface area contributed by atoms with Crippen LogP contribution in [0.1, 0.15) is 40.0 Å². The van der Waals surface area contributed by atoms with Crippen LogP contribution in [0.25, 0.3) is 0 Å². The summed E-state index contributed by atoms with van der Waals surface area (Å²) in [5, 5.41) is 39.7. The van der Waals surface area contributed by atoms with E-state index in [-0.39, 0.29) is 23.9 Å². The first-order valence-corrected chi connectivity index (χ1v) is 10.2. The van der Waals surface area contributed by atoms with E-state index in [1.165, 1.54) is 5.57 Å². The van der Waals surface area contributed by atoms with Crippen molar-refractivity contribution in [2.75, 3.05) is 6.61 Å². The largest absolute Gasteiger partial charge is 0.458 e. The molecule has 0 aromatic heterocycles. The van der Waals surface area contributed by atoms with E-state index in [0.29, 0.717) is 6.42 Å². The van der Waals surface area contributed by atoms with Crippen molar-refractivity contribution in [2.24, 2.45) is 11.8 Å². The van der Waals surface area contributed by atoms with Crippen molar-refractivity contribution in [1.82, 2.24) is 0 Å². The molecule has 8 nitrogen and oxygen atoms in total. The molecule has 4 N–H and O–H groups in total. The highest BCUT2D eigenvalue weighted by Crippen LogP contribution is 2.37. The molecule has 3 aliphatic rings. The topological polar surface area (TPSA) is 126 Å². The molecule has 2 fully saturated rings. The van der Waals surface area contributed by atoms with Gasteiger partial charge >= 0.3 is 5.97 Å². The lowest BCUT2D eigenvalue weighted by atomic mass is 9.83. The zero-order valence-electron chi connectivity index (χ0n) is 17.1. The second kappa shape index (κ2) is 9.24. The van der Waals surface area contributed by atoms with Crippen LogP contribution >= 0.6 is 0 Å². The van der Waals surface area contributed by atoms with Crippen LogP contribution in [0, 0.1) is 11.8 Å². The van der Waals surface area contributed by atoms with Gasteiger partial charge in [-0.2, -0.15) is 0 Å². The van der Waals surface area contributed by atoms with Gasteiger partial charge in [0.25, 0.3) is 0 Å². The van der Waals surface area contributed by atoms with Crippen molar-refractivity contribution in [2.45, 2.75) is 82.9 Å². The average molecular weight is 412 g/mol. The molecular weight excluding hydrogens is 380 g/mol. The molecule has 0 radical (unpaired) electrons. The van der Waals surface area contributed by atoms with E-state index in [1.807, 2.05) is 26.8 Å². The third kappa shape index (κ3) is 4.73. The summed E-state index contributed by atoms with van der Waals surface area (Å²) in [4.78, 5) is 12.2. The summed E-state index contributed by atoms with van der Waals surface area (Å²) in [6.45, 7) is 5.28. The zero-order chi connectivity index (χ0) is 21.3. The lowest BCUT2D eigenvalue weighted by Crippen LogP contribution is -2.59. The molecule has 29 heavy (non-hydrogen) atoms. The van der Waals surface area contributed by atoms with Crippen molar-refractivity contribution < 1.29 is 39.4 Å². The van der Waals surface area contributed by atoms with E-state index >= 15 is 0 Å². The van der Waals surface area contributed by atoms with Crippen LogP contribution < -0.4 is 0 Å². The average Bonchev–Trinajstić information content (AvgIpc) is 2.94. The molecule has 8 heteroatoms. The van der Waals surface area contributed by atoms with Crippen LogP contribution in [0.3, 0.4) is 0 Å². The number of carbonyl (C=O) groups excluding carboxylic acids is 1. The monoisotopic (exact) mass is 412 g/mol. The minimum Gasteiger partial charge on any atom is -0.458 e. The first kappa shape index (κ1) is 22.4. The molecule has 2 aliphatic heterocycles. The van der Waals surface area contributed by atoms with Crippen molar-refractivity contribution >= 4 is 5.97 Å². The van der Waals surface area contributed by atoms with Crippen molar-refractivity contribution in [3.63, 3.8) is 0 Å². The molecule has 0 spiro atoms. The maximum absolute atomic E-state index is 12.2. The molecule has 9 unspecified atom stereocenters. The highest BCUT2D eigenvalue weighted by atomic mass is 16.7. The van der Waals surface area contributed by atoms with Gasteiger partial charge in [-0.05, 0) is 44.8 Å². The van der Waals surface area contributed by atoms with Crippen LogP contribution in [0.15, 0.2) is 23.3 Å². The molecule has 0 aromatic carbocycles. The van der Waals surface area contributed by atoms with Crippen molar-refractivity contribution in [3.05, 3.63) is 23.3 Å². The maximum Gasteiger partial charge on any atom is 0.309 e. The predicted octanol–water partition coefficient (Wildman–Crippen LogP) is 0.426. The van der Waals surface area contributed by atoms with Gasteiger partial charge in [0.15, 0.2) is 6.29 Å². The summed E-state index contributed by atoms with van der Waals surface area (Å²) < 4.78 is 17.1. The number of aliphatic hydroxyl groups excluding tert-OH is 4. The Kier molecular flexibility index (Phi) is 7.14. The lowest BCUT2D eigenvalue weighted by molar-refractivity contribution is -0.309. The lowest BCUT2D eigenvalue weighted by Gasteiger charge is -2.41. The summed E-state index contributed by atoms with van der Waals surface area (Å²) in [7, 11) is 0. The van der Waals surface area contributed by atoms with E-state index in [4.69, 9.17) is 14.2 Å². The van der Waals surface area contributed by atoms with E-state index in [2.05, 4.69) is 6.08 Å². The fourth-order valence-electron chi connectivity index (χ4n) is 4.24. The van der Waals surface area contributed by atoms with Gasteiger partial charge in [0, 0.05) is 5.92 Å². The molecule has 3 rings (SSSR count). The van der Waals surface area contributed by atoms with E-state index in [1.54, 1.807) is 0 Å². The summed E-state index contributed by atoms with van der Waals surface area (Å²) in [6.07, 6.45) is -1.29. The number of hydrogen-bond acceptors (Lipinski definition) is 8. The van der Waals surface area contributed by atoms with Gasteiger partial charge in [0.1, 0.15) is 30.5 Å². The summed E-state index contributed by atoms with van der Waals surface area (Å²) in [5.74, 6) is -0.637. The minimum atomic E-state index is -1.50. The van der Waals surface area contributed by atoms with Crippen LogP contribution in [-0.4, -0.2) is 75.9 Å². The van der Waals surface area contributed by atoms with E-state index in [0.717, 1.165) is 18.4 Å². The Balaban J connectivity index is 1.82. The predicted molar refractivity (Wildman–Crippen MR) is 103 cm³/mol. The van der Waals surface area contributed by atoms with Crippen LogP contribution in [0.4, 0.5) is 0 Å². The normalized spacial score (nSPS) is 43.8. The van der Waals surface area contributed by atoms with Gasteiger partial charge in [0.2, 0.25) is 0 Å². The second-order valence-corrected chi connectivity index (χ2v) is 8.41. The van der Waals surface area contributed by atoms with Gasteiger partial charge in [-0.15, -0.1) is 0 Å². The van der Waals surface area contributed by atoms with Gasteiger partial charge < -0.3 is 34.6 Å². The molecular formula is C21H32O8. The summed E-state index contributed by atoms with van der Waals surface area (Å²) in [6, 6.07) is 0. The minimum absolute atomic E-state index is 0.103. The molecule has 2 saturated heterocycles. The SMILES string of the molecule is CC1=CC2OC(=O)C(C)C2CC(OC2OC(CO)C(O)C(O)C2O)C(C)=CCC1. The molecule has 1 aliphatic carbocycles. The smallest absolute Gasteiger partial charge is 0.309 e. The maximum atomic E-state index is 12.2. The van der Waals surface area contributed by atoms with Crippen LogP contribution in [0.5, 0.6) is 0 Å². The molecule has 0 aromatic rings. The highest BCUT2D eigenvalue weighted by Gasteiger charge is 2.47. The van der Waals surface area contributed by atoms with E-state index in [9.17, 15) is 25.2 Å². The fraction of sp³-hybridized carbons (Fsp3) is 0.762. The Morgan fingerprint density at radius 2 is 1.90 bits per heavy atom. The Morgan fingerprint density at radius 3 is 2.59 bits per heavy atom. The quantitative estimate of drug-likeness (QED) is 0.388. The molecule has 9 atom stereocenters. The molecule has 164 valence electrons. The summed E-state index contributed by atoms with van der Waals surface area (Å²) in [5.41, 5.74) is 2.10. The number of allylic oxidation sites excluding steroid dienone is 2. The molecule has 0 saturated carbocycles. The Labute approximate surface area is 170 Å². The number of aliphatic hydroxyl groups is 4. The van der Waals surface area contributed by atoms with Crippen molar-refractivity contribution in [1.29, 1.82) is 0 Å². The number of ether oxygens (including phenoxy) is 3. The third-order valence-electron chi connectivity index (χ3n) is 6.28. The second-order valence-electron chi connectivity index (χ2n) is 8.41. The third-order valence-corrected chi connectivity index (χ3v) is 6.28. The fourth-order valence-corrected chi connectivity index (χ4v) is 4.24. The number of carbonyl (C=O) groups is 1. The molecule has 0 amide bonds. The Bertz CT molecular complexity index is 657. The van der Waals surface area contributed by atoms with Crippen LogP contribution in [-0.2, 0) is 19.0 Å². The first-order chi connectivity index (χ1) is 13.7. The zero-order valence-corrected chi connectivity index (χ0v) is 17.1. The molecule has 0 bridgehead atoms. The number of hydrogen-bond donors (Lipinski definition) is 4. The highest BCUT2D eigenvalue weighted by molar-refractivity contribution is 5.75. The van der Waals surface area contributed by atoms with Gasteiger partial charge in [0.05, 0.1) is 18.6 Å². The van der Waals surface area contributed by atoms with Crippen molar-refractivity contribution in [3.8, 4) is 0 Å². The standard InChI is InChI=1S/C21H32O8/c1-10-5-4-6-11(2)14(8-13-12(3)20(26)27-15(13)7-10)28-21-19(25)18(24)17(23)16(9-22)29-21/h6-7,12-19,21-25H,4-5,8-9H2,1-3H3. The Hall–Kier alpha value is -1.29. The van der Waals surface area contributed by atoms with Gasteiger partial charge in [-0.3, -0.25) is 4.79 Å². The number of esters is 1. The van der Waals surface area contributed by atoms with E-state index < -0.39 is 43.4 Å². The number of rotatable bonds is 3. The summed E-state index contributed by atoms with van der Waals surface area (Å²) >= 11 is 0. The first-order valence-electron chi connectivity index (χ1n) is 10.2. The number of fused-ring (bicyclic) bond motifs is 1. The van der Waals surface area contributed by atoms with Gasteiger partial charge in [-0.1, -0.05) is 18.6 Å². The Morgan fingerprint density at radius 1 is 1.17 bits per heavy atom. The van der Waals surface area contributed by atoms with Gasteiger partial charge in [-0.25, -0.2) is 0 Å².